The zero-order valence-electron chi connectivity index (χ0n) is 10.1. The third kappa shape index (κ3) is 1.83. The summed E-state index contributed by atoms with van der Waals surface area (Å²) in [6.07, 6.45) is 5.32. The molecule has 1 N–H and O–H groups in total. The Morgan fingerprint density at radius 3 is 2.89 bits per heavy atom. The summed E-state index contributed by atoms with van der Waals surface area (Å²) < 4.78 is 6.21. The number of nitrogens with zero attached hydrogens (tertiary/aromatic N) is 1. The Morgan fingerprint density at radius 2 is 2.22 bits per heavy atom. The van der Waals surface area contributed by atoms with Gasteiger partial charge in [-0.1, -0.05) is 13.1 Å². The van der Waals surface area contributed by atoms with Gasteiger partial charge >= 0.3 is 0 Å². The van der Waals surface area contributed by atoms with Gasteiger partial charge in [0.1, 0.15) is 14.4 Å². The zero-order valence-corrected chi connectivity index (χ0v) is 12.7. The van der Waals surface area contributed by atoms with Crippen molar-refractivity contribution in [2.75, 3.05) is 0 Å². The zero-order chi connectivity index (χ0) is 12.7. The van der Waals surface area contributed by atoms with Crippen LogP contribution >= 0.6 is 15.9 Å². The largest absolute Gasteiger partial charge is 0.472 e. The van der Waals surface area contributed by atoms with Crippen LogP contribution in [0.15, 0.2) is 39.7 Å². The normalized spacial score (nSPS) is 11.6. The van der Waals surface area contributed by atoms with Gasteiger partial charge in [-0.15, -0.1) is 0 Å². The fraction of sp³-hybridized carbons (Fsp3) is 0.154. The maximum absolute atomic E-state index is 5.22. The van der Waals surface area contributed by atoms with Gasteiger partial charge in [0.05, 0.1) is 12.5 Å². The number of aromatic amines is 1. The molecule has 3 nitrogen and oxygen atoms in total. The topological polar surface area (TPSA) is 41.8 Å². The maximum Gasteiger partial charge on any atom is 0.137 e. The number of fused-ring (bicyclic) bond motifs is 1. The molecule has 0 amide bonds. The summed E-state index contributed by atoms with van der Waals surface area (Å²) in [6.45, 7) is 4.54. The first-order chi connectivity index (χ1) is 8.66. The average Bonchev–Trinajstić information content (AvgIpc) is 2.93. The standard InChI is InChI=1S/C13H12BrN2OSi/c1-18(2)13-11(8-3-4-17-7-8)10-5-9(14)6-15-12(10)16-13/h3-7H,1-2H3,(H,15,16). The molecule has 0 saturated carbocycles. The van der Waals surface area contributed by atoms with E-state index in [1.54, 1.807) is 12.5 Å². The van der Waals surface area contributed by atoms with Gasteiger partial charge < -0.3 is 9.40 Å². The van der Waals surface area contributed by atoms with E-state index in [0.717, 1.165) is 21.1 Å². The first-order valence-electron chi connectivity index (χ1n) is 5.67. The number of furan rings is 1. The van der Waals surface area contributed by atoms with Crippen LogP contribution in [0.1, 0.15) is 0 Å². The maximum atomic E-state index is 5.22. The summed E-state index contributed by atoms with van der Waals surface area (Å²) in [7, 11) is -0.593. The highest BCUT2D eigenvalue weighted by Crippen LogP contribution is 2.28. The molecule has 18 heavy (non-hydrogen) atoms. The molecule has 0 saturated heterocycles. The van der Waals surface area contributed by atoms with Crippen LogP contribution in [0, 0.1) is 0 Å². The highest BCUT2D eigenvalue weighted by Gasteiger charge is 2.18. The predicted octanol–water partition coefficient (Wildman–Crippen LogP) is 3.55. The number of aromatic nitrogens is 2. The van der Waals surface area contributed by atoms with E-state index in [1.807, 2.05) is 12.3 Å². The molecule has 0 spiro atoms. The fourth-order valence-corrected chi connectivity index (χ4v) is 3.61. The van der Waals surface area contributed by atoms with Crippen molar-refractivity contribution in [2.24, 2.45) is 0 Å². The Bertz CT molecular complexity index is 688. The van der Waals surface area contributed by atoms with Gasteiger partial charge in [-0.25, -0.2) is 4.98 Å². The van der Waals surface area contributed by atoms with Crippen LogP contribution < -0.4 is 5.32 Å². The number of H-pyrrole nitrogens is 1. The molecule has 3 heterocycles. The van der Waals surface area contributed by atoms with E-state index in [9.17, 15) is 0 Å². The van der Waals surface area contributed by atoms with Crippen molar-refractivity contribution < 1.29 is 4.42 Å². The lowest BCUT2D eigenvalue weighted by Crippen LogP contribution is -2.25. The molecule has 0 aromatic carbocycles. The summed E-state index contributed by atoms with van der Waals surface area (Å²) in [4.78, 5) is 7.89. The molecule has 3 aromatic heterocycles. The number of halogens is 1. The number of hydrogen-bond donors (Lipinski definition) is 1. The second-order valence-corrected chi connectivity index (χ2v) is 7.85. The Morgan fingerprint density at radius 1 is 1.39 bits per heavy atom. The van der Waals surface area contributed by atoms with Gasteiger partial charge in [-0.2, -0.15) is 0 Å². The quantitative estimate of drug-likeness (QED) is 0.734. The molecule has 1 radical (unpaired) electrons. The first-order valence-corrected chi connectivity index (χ1v) is 8.96. The molecule has 5 heteroatoms. The van der Waals surface area contributed by atoms with Crippen molar-refractivity contribution in [1.29, 1.82) is 0 Å². The van der Waals surface area contributed by atoms with E-state index in [0.29, 0.717) is 0 Å². The monoisotopic (exact) mass is 319 g/mol. The molecule has 91 valence electrons. The summed E-state index contributed by atoms with van der Waals surface area (Å²) >= 11 is 3.48. The van der Waals surface area contributed by atoms with Crippen molar-refractivity contribution in [3.05, 3.63) is 35.3 Å². The van der Waals surface area contributed by atoms with E-state index < -0.39 is 8.80 Å². The molecule has 0 aliphatic carbocycles. The van der Waals surface area contributed by atoms with E-state index >= 15 is 0 Å². The van der Waals surface area contributed by atoms with Crippen molar-refractivity contribution in [3.63, 3.8) is 0 Å². The molecular weight excluding hydrogens is 308 g/mol. The summed E-state index contributed by atoms with van der Waals surface area (Å²) in [5.74, 6) is 0. The minimum absolute atomic E-state index is 0.593. The van der Waals surface area contributed by atoms with Gasteiger partial charge in [0, 0.05) is 32.5 Å². The van der Waals surface area contributed by atoms with Crippen molar-refractivity contribution in [2.45, 2.75) is 13.1 Å². The molecule has 0 fully saturated rings. The lowest BCUT2D eigenvalue weighted by Gasteiger charge is -2.04. The highest BCUT2D eigenvalue weighted by atomic mass is 79.9. The van der Waals surface area contributed by atoms with Crippen LogP contribution in [0.3, 0.4) is 0 Å². The lowest BCUT2D eigenvalue weighted by molar-refractivity contribution is 0.568. The van der Waals surface area contributed by atoms with Gasteiger partial charge in [-0.05, 0) is 28.1 Å². The molecular formula is C13H12BrN2OSi. The van der Waals surface area contributed by atoms with Gasteiger partial charge in [0.15, 0.2) is 0 Å². The fourth-order valence-electron chi connectivity index (χ4n) is 2.13. The van der Waals surface area contributed by atoms with Crippen molar-refractivity contribution in [1.82, 2.24) is 9.97 Å². The minimum Gasteiger partial charge on any atom is -0.472 e. The van der Waals surface area contributed by atoms with Crippen molar-refractivity contribution in [3.8, 4) is 11.1 Å². The number of nitrogens with one attached hydrogen (secondary N) is 1. The molecule has 3 rings (SSSR count). The third-order valence-corrected chi connectivity index (χ3v) is 4.74. The number of hydrogen-bond acceptors (Lipinski definition) is 2. The smallest absolute Gasteiger partial charge is 0.137 e. The van der Waals surface area contributed by atoms with Gasteiger partial charge in [-0.3, -0.25) is 0 Å². The molecule has 0 unspecified atom stereocenters. The molecule has 0 aliphatic rings. The van der Waals surface area contributed by atoms with E-state index in [-0.39, 0.29) is 0 Å². The summed E-state index contributed by atoms with van der Waals surface area (Å²) in [5, 5.41) is 2.44. The van der Waals surface area contributed by atoms with E-state index in [4.69, 9.17) is 4.42 Å². The third-order valence-electron chi connectivity index (χ3n) is 2.93. The van der Waals surface area contributed by atoms with Crippen molar-refractivity contribution >= 4 is 41.1 Å². The number of pyridine rings is 1. The highest BCUT2D eigenvalue weighted by molar-refractivity contribution is 9.10. The second kappa shape index (κ2) is 4.40. The molecule has 0 bridgehead atoms. The Labute approximate surface area is 115 Å². The predicted molar refractivity (Wildman–Crippen MR) is 78.6 cm³/mol. The number of rotatable bonds is 2. The minimum atomic E-state index is -0.593. The van der Waals surface area contributed by atoms with Crippen LogP contribution in [-0.4, -0.2) is 18.8 Å². The summed E-state index contributed by atoms with van der Waals surface area (Å²) in [5.41, 5.74) is 3.28. The van der Waals surface area contributed by atoms with E-state index in [1.165, 1.54) is 10.9 Å². The molecule has 3 aromatic rings. The first kappa shape index (κ1) is 11.7. The van der Waals surface area contributed by atoms with Crippen LogP contribution in [0.5, 0.6) is 0 Å². The Hall–Kier alpha value is -1.33. The van der Waals surface area contributed by atoms with Gasteiger partial charge in [0.2, 0.25) is 0 Å². The van der Waals surface area contributed by atoms with Crippen LogP contribution in [0.2, 0.25) is 13.1 Å². The SMILES string of the molecule is C[Si](C)c1[nH]c2ncc(Br)cc2c1-c1ccoc1. The van der Waals surface area contributed by atoms with Crippen LogP contribution in [0.25, 0.3) is 22.2 Å². The molecule has 0 atom stereocenters. The Kier molecular flexibility index (Phi) is 2.87. The second-order valence-electron chi connectivity index (χ2n) is 4.44. The van der Waals surface area contributed by atoms with E-state index in [2.05, 4.69) is 45.1 Å². The van der Waals surface area contributed by atoms with Crippen LogP contribution in [0.4, 0.5) is 0 Å². The molecule has 0 aliphatic heterocycles. The Balaban J connectivity index is 2.37. The lowest BCUT2D eigenvalue weighted by atomic mass is 10.1. The van der Waals surface area contributed by atoms with Crippen LogP contribution in [-0.2, 0) is 0 Å². The van der Waals surface area contributed by atoms with Gasteiger partial charge in [0.25, 0.3) is 0 Å². The average molecular weight is 320 g/mol. The summed E-state index contributed by atoms with van der Waals surface area (Å²) in [6, 6.07) is 4.10.